The van der Waals surface area contributed by atoms with Gasteiger partial charge in [0.2, 0.25) is 5.95 Å². The molecule has 0 radical (unpaired) electrons. The fraction of sp³-hybridized carbons (Fsp3) is 0.467. The van der Waals surface area contributed by atoms with E-state index in [9.17, 15) is 13.2 Å². The van der Waals surface area contributed by atoms with Gasteiger partial charge in [0.25, 0.3) is 0 Å². The Morgan fingerprint density at radius 1 is 1.38 bits per heavy atom. The summed E-state index contributed by atoms with van der Waals surface area (Å²) in [5, 5.41) is 14.7. The maximum Gasteiger partial charge on any atom is 0.490 e. The van der Waals surface area contributed by atoms with Crippen molar-refractivity contribution < 1.29 is 23.1 Å². The van der Waals surface area contributed by atoms with Crippen molar-refractivity contribution in [2.45, 2.75) is 13.1 Å². The standard InChI is InChI=1S/C13H20N6.C2HF3O2/c1-10-11(9-19(4)17-10)12-5-6-14-13(16-12)15-7-8-18(2)3;3-2(4,5)1(6)7/h5-6,9H,7-8H2,1-4H3,(H,14,15,16);(H,6,7). The van der Waals surface area contributed by atoms with Crippen molar-refractivity contribution in [2.75, 3.05) is 32.5 Å². The zero-order chi connectivity index (χ0) is 19.9. The first-order valence-electron chi connectivity index (χ1n) is 7.53. The molecular weight excluding hydrogens is 353 g/mol. The molecule has 0 bridgehead atoms. The minimum absolute atomic E-state index is 0.655. The van der Waals surface area contributed by atoms with Gasteiger partial charge in [-0.2, -0.15) is 18.3 Å². The van der Waals surface area contributed by atoms with Crippen LogP contribution >= 0.6 is 0 Å². The molecule has 144 valence electrons. The van der Waals surface area contributed by atoms with Crippen LogP contribution in [0, 0.1) is 6.92 Å². The maximum atomic E-state index is 10.6. The van der Waals surface area contributed by atoms with E-state index in [1.807, 2.05) is 40.3 Å². The van der Waals surface area contributed by atoms with Crippen molar-refractivity contribution in [3.8, 4) is 11.3 Å². The van der Waals surface area contributed by atoms with Crippen LogP contribution in [-0.2, 0) is 11.8 Å². The molecule has 0 aromatic carbocycles. The van der Waals surface area contributed by atoms with Gasteiger partial charge in [-0.25, -0.2) is 14.8 Å². The molecule has 11 heteroatoms. The van der Waals surface area contributed by atoms with E-state index in [1.165, 1.54) is 0 Å². The topological polar surface area (TPSA) is 96.2 Å². The Kier molecular flexibility index (Phi) is 7.50. The van der Waals surface area contributed by atoms with Crippen LogP contribution in [0.15, 0.2) is 18.5 Å². The van der Waals surface area contributed by atoms with Gasteiger partial charge in [0, 0.05) is 38.1 Å². The summed E-state index contributed by atoms with van der Waals surface area (Å²) in [7, 11) is 5.99. The van der Waals surface area contributed by atoms with Gasteiger partial charge in [0.15, 0.2) is 0 Å². The van der Waals surface area contributed by atoms with Crippen LogP contribution in [0.2, 0.25) is 0 Å². The third kappa shape index (κ3) is 7.05. The number of aromatic nitrogens is 4. The third-order valence-corrected chi connectivity index (χ3v) is 3.03. The summed E-state index contributed by atoms with van der Waals surface area (Å²) in [5.74, 6) is -2.10. The molecule has 8 nitrogen and oxygen atoms in total. The lowest BCUT2D eigenvalue weighted by molar-refractivity contribution is -0.192. The lowest BCUT2D eigenvalue weighted by atomic mass is 10.2. The van der Waals surface area contributed by atoms with E-state index in [1.54, 1.807) is 10.9 Å². The number of hydrogen-bond acceptors (Lipinski definition) is 6. The Bertz CT molecular complexity index is 730. The Hall–Kier alpha value is -2.69. The van der Waals surface area contributed by atoms with Crippen LogP contribution in [0.1, 0.15) is 5.69 Å². The van der Waals surface area contributed by atoms with Gasteiger partial charge in [0.05, 0.1) is 11.4 Å². The molecule has 0 spiro atoms. The Morgan fingerprint density at radius 2 is 2.00 bits per heavy atom. The van der Waals surface area contributed by atoms with Crippen LogP contribution in [-0.4, -0.2) is 69.1 Å². The molecule has 0 unspecified atom stereocenters. The minimum Gasteiger partial charge on any atom is -0.475 e. The van der Waals surface area contributed by atoms with E-state index in [0.717, 1.165) is 30.0 Å². The number of hydrogen-bond donors (Lipinski definition) is 2. The summed E-state index contributed by atoms with van der Waals surface area (Å²) in [6.45, 7) is 3.75. The minimum atomic E-state index is -5.08. The average molecular weight is 374 g/mol. The molecule has 0 saturated heterocycles. The highest BCUT2D eigenvalue weighted by molar-refractivity contribution is 5.73. The predicted molar refractivity (Wildman–Crippen MR) is 89.7 cm³/mol. The molecule has 2 aromatic rings. The first-order valence-corrected chi connectivity index (χ1v) is 7.53. The number of alkyl halides is 3. The van der Waals surface area contributed by atoms with E-state index in [0.29, 0.717) is 5.95 Å². The number of nitrogens with one attached hydrogen (secondary N) is 1. The number of nitrogens with zero attached hydrogens (tertiary/aromatic N) is 5. The Morgan fingerprint density at radius 3 is 2.46 bits per heavy atom. The second kappa shape index (κ2) is 9.13. The molecule has 0 atom stereocenters. The van der Waals surface area contributed by atoms with E-state index < -0.39 is 12.1 Å². The van der Waals surface area contributed by atoms with Gasteiger partial charge in [-0.3, -0.25) is 4.68 Å². The van der Waals surface area contributed by atoms with E-state index in [2.05, 4.69) is 25.3 Å². The van der Waals surface area contributed by atoms with E-state index in [4.69, 9.17) is 9.90 Å². The van der Waals surface area contributed by atoms with Crippen molar-refractivity contribution >= 4 is 11.9 Å². The smallest absolute Gasteiger partial charge is 0.475 e. The van der Waals surface area contributed by atoms with Gasteiger partial charge in [-0.15, -0.1) is 0 Å². The van der Waals surface area contributed by atoms with Crippen molar-refractivity contribution in [1.82, 2.24) is 24.6 Å². The summed E-state index contributed by atoms with van der Waals surface area (Å²) < 4.78 is 33.5. The average Bonchev–Trinajstić information content (AvgIpc) is 2.85. The summed E-state index contributed by atoms with van der Waals surface area (Å²) >= 11 is 0. The Labute approximate surface area is 148 Å². The number of likely N-dealkylation sites (N-methyl/N-ethyl adjacent to an activating group) is 1. The largest absolute Gasteiger partial charge is 0.490 e. The lowest BCUT2D eigenvalue weighted by Crippen LogP contribution is -2.21. The normalized spacial score (nSPS) is 11.1. The van der Waals surface area contributed by atoms with Crippen LogP contribution in [0.5, 0.6) is 0 Å². The highest BCUT2D eigenvalue weighted by atomic mass is 19.4. The molecule has 2 heterocycles. The number of carbonyl (C=O) groups is 1. The molecule has 0 amide bonds. The van der Waals surface area contributed by atoms with Crippen molar-refractivity contribution in [3.63, 3.8) is 0 Å². The van der Waals surface area contributed by atoms with Gasteiger partial charge < -0.3 is 15.3 Å². The van der Waals surface area contributed by atoms with Gasteiger partial charge in [0.1, 0.15) is 0 Å². The number of anilines is 1. The van der Waals surface area contributed by atoms with Crippen LogP contribution in [0.4, 0.5) is 19.1 Å². The maximum absolute atomic E-state index is 10.6. The van der Waals surface area contributed by atoms with Crippen molar-refractivity contribution in [2.24, 2.45) is 7.05 Å². The second-order valence-corrected chi connectivity index (χ2v) is 5.60. The van der Waals surface area contributed by atoms with Crippen molar-refractivity contribution in [3.05, 3.63) is 24.2 Å². The van der Waals surface area contributed by atoms with Crippen LogP contribution in [0.25, 0.3) is 11.3 Å². The third-order valence-electron chi connectivity index (χ3n) is 3.03. The fourth-order valence-electron chi connectivity index (χ4n) is 1.84. The molecule has 2 N–H and O–H groups in total. The first kappa shape index (κ1) is 21.4. The number of aryl methyl sites for hydroxylation is 2. The zero-order valence-corrected chi connectivity index (χ0v) is 14.9. The lowest BCUT2D eigenvalue weighted by Gasteiger charge is -2.10. The predicted octanol–water partition coefficient (Wildman–Crippen LogP) is 1.79. The fourth-order valence-corrected chi connectivity index (χ4v) is 1.84. The summed E-state index contributed by atoms with van der Waals surface area (Å²) in [6, 6.07) is 1.90. The van der Waals surface area contributed by atoms with Gasteiger partial charge in [-0.1, -0.05) is 0 Å². The number of carboxylic acid groups (broad SMARTS) is 1. The van der Waals surface area contributed by atoms with Crippen LogP contribution in [0.3, 0.4) is 0 Å². The molecule has 0 fully saturated rings. The van der Waals surface area contributed by atoms with Gasteiger partial charge in [-0.05, 0) is 27.1 Å². The molecule has 0 saturated carbocycles. The van der Waals surface area contributed by atoms with E-state index in [-0.39, 0.29) is 0 Å². The second-order valence-electron chi connectivity index (χ2n) is 5.60. The molecular formula is C15H21F3N6O2. The molecule has 2 rings (SSSR count). The summed E-state index contributed by atoms with van der Waals surface area (Å²) in [6.07, 6.45) is -1.34. The highest BCUT2D eigenvalue weighted by Crippen LogP contribution is 2.20. The Balaban J connectivity index is 0.000000412. The van der Waals surface area contributed by atoms with E-state index >= 15 is 0 Å². The molecule has 0 aliphatic carbocycles. The van der Waals surface area contributed by atoms with Crippen LogP contribution < -0.4 is 5.32 Å². The number of rotatable bonds is 5. The van der Waals surface area contributed by atoms with Gasteiger partial charge >= 0.3 is 12.1 Å². The quantitative estimate of drug-likeness (QED) is 0.824. The zero-order valence-electron chi connectivity index (χ0n) is 14.9. The summed E-state index contributed by atoms with van der Waals surface area (Å²) in [4.78, 5) is 19.8. The molecule has 0 aliphatic rings. The molecule has 0 aliphatic heterocycles. The summed E-state index contributed by atoms with van der Waals surface area (Å²) in [5.41, 5.74) is 2.91. The number of halogens is 3. The first-order chi connectivity index (χ1) is 12.0. The number of aliphatic carboxylic acids is 1. The highest BCUT2D eigenvalue weighted by Gasteiger charge is 2.38. The molecule has 2 aromatic heterocycles. The molecule has 26 heavy (non-hydrogen) atoms. The SMILES string of the molecule is Cc1nn(C)cc1-c1ccnc(NCCN(C)C)n1.O=C(O)C(F)(F)F. The van der Waals surface area contributed by atoms with Crippen molar-refractivity contribution in [1.29, 1.82) is 0 Å². The number of carboxylic acids is 1. The monoisotopic (exact) mass is 374 g/mol.